The first-order chi connectivity index (χ1) is 13.2. The molecule has 4 rings (SSSR count). The van der Waals surface area contributed by atoms with Crippen LogP contribution >= 0.6 is 0 Å². The number of nitrogens with one attached hydrogen (secondary N) is 1. The lowest BCUT2D eigenvalue weighted by atomic mass is 9.85. The first-order valence-electron chi connectivity index (χ1n) is 9.43. The fourth-order valence-electron chi connectivity index (χ4n) is 3.98. The molecule has 4 nitrogen and oxygen atoms in total. The monoisotopic (exact) mass is 357 g/mol. The number of rotatable bonds is 4. The minimum atomic E-state index is -0.142. The minimum absolute atomic E-state index is 0.0395. The van der Waals surface area contributed by atoms with Crippen LogP contribution < -0.4 is 5.32 Å². The van der Waals surface area contributed by atoms with Crippen LogP contribution in [0.2, 0.25) is 0 Å². The summed E-state index contributed by atoms with van der Waals surface area (Å²) >= 11 is 0. The molecule has 2 aromatic carbocycles. The smallest absolute Gasteiger partial charge is 0.221 e. The van der Waals surface area contributed by atoms with Gasteiger partial charge in [-0.3, -0.25) is 4.79 Å². The van der Waals surface area contributed by atoms with Gasteiger partial charge in [0.15, 0.2) is 0 Å². The van der Waals surface area contributed by atoms with Gasteiger partial charge in [0.05, 0.1) is 11.7 Å². The predicted molar refractivity (Wildman–Crippen MR) is 105 cm³/mol. The van der Waals surface area contributed by atoms with Crippen molar-refractivity contribution in [2.75, 3.05) is 0 Å². The van der Waals surface area contributed by atoms with Crippen LogP contribution in [0.5, 0.6) is 0 Å². The van der Waals surface area contributed by atoms with E-state index in [9.17, 15) is 4.79 Å². The number of aromatic nitrogens is 2. The van der Waals surface area contributed by atoms with E-state index in [0.717, 1.165) is 18.5 Å². The highest BCUT2D eigenvalue weighted by Crippen LogP contribution is 2.36. The third kappa shape index (κ3) is 3.75. The Kier molecular flexibility index (Phi) is 4.97. The Morgan fingerprint density at radius 2 is 1.67 bits per heavy atom. The maximum absolute atomic E-state index is 12.9. The van der Waals surface area contributed by atoms with E-state index >= 15 is 0 Å². The van der Waals surface area contributed by atoms with E-state index in [1.165, 1.54) is 28.6 Å². The molecule has 0 spiro atoms. The van der Waals surface area contributed by atoms with Crippen LogP contribution in [0.4, 0.5) is 0 Å². The van der Waals surface area contributed by atoms with E-state index in [0.29, 0.717) is 6.42 Å². The molecule has 27 heavy (non-hydrogen) atoms. The number of hydrogen-bond donors (Lipinski definition) is 1. The first kappa shape index (κ1) is 17.4. The van der Waals surface area contributed by atoms with Crippen LogP contribution in [0.15, 0.2) is 67.1 Å². The quantitative estimate of drug-likeness (QED) is 0.768. The highest BCUT2D eigenvalue weighted by atomic mass is 16.1. The Bertz CT molecular complexity index is 892. The molecule has 0 radical (unpaired) electrons. The zero-order valence-electron chi connectivity index (χ0n) is 15.4. The zero-order chi connectivity index (χ0) is 18.6. The minimum Gasteiger partial charge on any atom is -0.348 e. The topological polar surface area (TPSA) is 54.9 Å². The molecule has 0 saturated heterocycles. The Labute approximate surface area is 159 Å². The summed E-state index contributed by atoms with van der Waals surface area (Å²) < 4.78 is 0. The Morgan fingerprint density at radius 1 is 1.04 bits per heavy atom. The number of benzene rings is 2. The molecule has 1 unspecified atom stereocenters. The van der Waals surface area contributed by atoms with E-state index in [4.69, 9.17) is 0 Å². The molecule has 1 aliphatic carbocycles. The summed E-state index contributed by atoms with van der Waals surface area (Å²) in [5.74, 6) is 0.120. The van der Waals surface area contributed by atoms with Crippen molar-refractivity contribution in [3.63, 3.8) is 0 Å². The van der Waals surface area contributed by atoms with E-state index in [-0.39, 0.29) is 17.9 Å². The van der Waals surface area contributed by atoms with Crippen LogP contribution in [-0.4, -0.2) is 15.9 Å². The Hall–Kier alpha value is -3.01. The molecule has 4 heteroatoms. The van der Waals surface area contributed by atoms with Gasteiger partial charge in [-0.05, 0) is 48.1 Å². The van der Waals surface area contributed by atoms with E-state index in [1.807, 2.05) is 13.0 Å². The summed E-state index contributed by atoms with van der Waals surface area (Å²) in [4.78, 5) is 21.0. The summed E-state index contributed by atoms with van der Waals surface area (Å²) in [6, 6.07) is 18.7. The standard InChI is InChI=1S/C23H23N3O/c1-16(22-12-13-24-15-25-22)26-23(27)14-21-19-8-4-2-6-17(19)10-11-18-7-3-5-9-20(18)21/h2-9,12-13,15-16,21H,10-11,14H2,1H3,(H,26,27). The van der Waals surface area contributed by atoms with Gasteiger partial charge in [0.25, 0.3) is 0 Å². The molecule has 1 amide bonds. The van der Waals surface area contributed by atoms with Gasteiger partial charge in [-0.1, -0.05) is 48.5 Å². The highest BCUT2D eigenvalue weighted by Gasteiger charge is 2.26. The van der Waals surface area contributed by atoms with Crippen molar-refractivity contribution in [3.05, 3.63) is 95.1 Å². The number of fused-ring (bicyclic) bond motifs is 2. The van der Waals surface area contributed by atoms with E-state index < -0.39 is 0 Å². The van der Waals surface area contributed by atoms with Crippen LogP contribution in [-0.2, 0) is 17.6 Å². The molecule has 1 heterocycles. The molecule has 1 N–H and O–H groups in total. The number of amides is 1. The molecule has 3 aromatic rings. The number of carbonyl (C=O) groups is 1. The molecular formula is C23H23N3O. The lowest BCUT2D eigenvalue weighted by molar-refractivity contribution is -0.122. The second-order valence-corrected chi connectivity index (χ2v) is 7.08. The van der Waals surface area contributed by atoms with Gasteiger partial charge >= 0.3 is 0 Å². The lowest BCUT2D eigenvalue weighted by Gasteiger charge is -2.21. The lowest BCUT2D eigenvalue weighted by Crippen LogP contribution is -2.29. The zero-order valence-corrected chi connectivity index (χ0v) is 15.4. The molecule has 1 atom stereocenters. The molecule has 1 aliphatic rings. The van der Waals surface area contributed by atoms with Crippen LogP contribution in [0.3, 0.4) is 0 Å². The van der Waals surface area contributed by atoms with Gasteiger partial charge in [-0.15, -0.1) is 0 Å². The third-order valence-corrected chi connectivity index (χ3v) is 5.34. The fourth-order valence-corrected chi connectivity index (χ4v) is 3.98. The molecule has 0 bridgehead atoms. The molecule has 1 aromatic heterocycles. The van der Waals surface area contributed by atoms with Gasteiger partial charge in [0.1, 0.15) is 6.33 Å². The van der Waals surface area contributed by atoms with Crippen molar-refractivity contribution >= 4 is 5.91 Å². The molecule has 136 valence electrons. The van der Waals surface area contributed by atoms with E-state index in [2.05, 4.69) is 63.8 Å². The van der Waals surface area contributed by atoms with Crippen molar-refractivity contribution in [2.24, 2.45) is 0 Å². The summed E-state index contributed by atoms with van der Waals surface area (Å²) in [7, 11) is 0. The number of hydrogen-bond acceptors (Lipinski definition) is 3. The maximum Gasteiger partial charge on any atom is 0.221 e. The van der Waals surface area contributed by atoms with Gasteiger partial charge in [0.2, 0.25) is 5.91 Å². The molecule has 0 saturated carbocycles. The summed E-state index contributed by atoms with van der Waals surface area (Å²) in [5.41, 5.74) is 6.05. The third-order valence-electron chi connectivity index (χ3n) is 5.34. The van der Waals surface area contributed by atoms with Crippen LogP contribution in [0, 0.1) is 0 Å². The van der Waals surface area contributed by atoms with Gasteiger partial charge < -0.3 is 5.32 Å². The summed E-state index contributed by atoms with van der Waals surface area (Å²) in [5, 5.41) is 3.10. The van der Waals surface area contributed by atoms with Crippen molar-refractivity contribution in [2.45, 2.75) is 38.1 Å². The SMILES string of the molecule is CC(NC(=O)CC1c2ccccc2CCc2ccccc21)c1ccncn1. The van der Waals surface area contributed by atoms with Crippen LogP contribution in [0.25, 0.3) is 0 Å². The Balaban J connectivity index is 1.60. The van der Waals surface area contributed by atoms with Gasteiger partial charge in [-0.2, -0.15) is 0 Å². The van der Waals surface area contributed by atoms with Crippen molar-refractivity contribution < 1.29 is 4.79 Å². The average Bonchev–Trinajstić information content (AvgIpc) is 2.86. The number of carbonyl (C=O) groups excluding carboxylic acids is 1. The van der Waals surface area contributed by atoms with Gasteiger partial charge in [-0.25, -0.2) is 9.97 Å². The first-order valence-corrected chi connectivity index (χ1v) is 9.43. The second kappa shape index (κ2) is 7.70. The summed E-state index contributed by atoms with van der Waals surface area (Å²) in [6.45, 7) is 1.95. The van der Waals surface area contributed by atoms with Crippen LogP contribution in [0.1, 0.15) is 53.3 Å². The average molecular weight is 357 g/mol. The predicted octanol–water partition coefficient (Wildman–Crippen LogP) is 3.97. The van der Waals surface area contributed by atoms with Crippen molar-refractivity contribution in [3.8, 4) is 0 Å². The fraction of sp³-hybridized carbons (Fsp3) is 0.261. The summed E-state index contributed by atoms with van der Waals surface area (Å²) in [6.07, 6.45) is 5.67. The molecule has 0 aliphatic heterocycles. The van der Waals surface area contributed by atoms with Gasteiger partial charge in [0, 0.05) is 18.5 Å². The Morgan fingerprint density at radius 3 is 2.26 bits per heavy atom. The maximum atomic E-state index is 12.9. The normalized spacial score (nSPS) is 14.6. The highest BCUT2D eigenvalue weighted by molar-refractivity contribution is 5.78. The largest absolute Gasteiger partial charge is 0.348 e. The van der Waals surface area contributed by atoms with Crippen molar-refractivity contribution in [1.29, 1.82) is 0 Å². The molecule has 0 fully saturated rings. The van der Waals surface area contributed by atoms with E-state index in [1.54, 1.807) is 6.20 Å². The number of aryl methyl sites for hydroxylation is 2. The molecular weight excluding hydrogens is 334 g/mol. The van der Waals surface area contributed by atoms with Crippen molar-refractivity contribution in [1.82, 2.24) is 15.3 Å². The number of nitrogens with zero attached hydrogens (tertiary/aromatic N) is 2. The second-order valence-electron chi connectivity index (χ2n) is 7.08.